The first-order chi connectivity index (χ1) is 9.20. The third kappa shape index (κ3) is 2.02. The van der Waals surface area contributed by atoms with E-state index in [4.69, 9.17) is 9.47 Å². The first-order valence-corrected chi connectivity index (χ1v) is 6.63. The topological polar surface area (TPSA) is 35.5 Å². The lowest BCUT2D eigenvalue weighted by Crippen LogP contribution is -2.08. The molecule has 0 amide bonds. The SMILES string of the molecule is COC(=O)c1ccc2c(c1)COc1cccc(Br)c1-2. The fraction of sp³-hybridized carbons (Fsp3) is 0.133. The smallest absolute Gasteiger partial charge is 0.337 e. The van der Waals surface area contributed by atoms with E-state index in [9.17, 15) is 4.79 Å². The summed E-state index contributed by atoms with van der Waals surface area (Å²) in [6.45, 7) is 0.462. The van der Waals surface area contributed by atoms with Crippen LogP contribution < -0.4 is 4.74 Å². The third-order valence-corrected chi connectivity index (χ3v) is 3.82. The van der Waals surface area contributed by atoms with Crippen LogP contribution in [0.5, 0.6) is 5.75 Å². The van der Waals surface area contributed by atoms with Crippen molar-refractivity contribution >= 4 is 21.9 Å². The Bertz CT molecular complexity index is 664. The van der Waals surface area contributed by atoms with Crippen molar-refractivity contribution < 1.29 is 14.3 Å². The summed E-state index contributed by atoms with van der Waals surface area (Å²) in [4.78, 5) is 11.5. The molecule has 0 atom stereocenters. The summed E-state index contributed by atoms with van der Waals surface area (Å²) >= 11 is 3.54. The number of ether oxygens (including phenoxy) is 2. The number of rotatable bonds is 1. The fourth-order valence-electron chi connectivity index (χ4n) is 2.24. The average molecular weight is 319 g/mol. The van der Waals surface area contributed by atoms with Crippen LogP contribution >= 0.6 is 15.9 Å². The molecule has 0 unspecified atom stereocenters. The Kier molecular flexibility index (Phi) is 3.03. The predicted molar refractivity (Wildman–Crippen MR) is 75.2 cm³/mol. The van der Waals surface area contributed by atoms with Gasteiger partial charge in [0.2, 0.25) is 0 Å². The Morgan fingerprint density at radius 1 is 1.32 bits per heavy atom. The first-order valence-electron chi connectivity index (χ1n) is 5.83. The summed E-state index contributed by atoms with van der Waals surface area (Å²) in [7, 11) is 1.38. The number of hydrogen-bond donors (Lipinski definition) is 0. The van der Waals surface area contributed by atoms with Gasteiger partial charge in [0.05, 0.1) is 12.7 Å². The van der Waals surface area contributed by atoms with Crippen molar-refractivity contribution in [3.8, 4) is 16.9 Å². The van der Waals surface area contributed by atoms with Crippen LogP contribution in [0.4, 0.5) is 0 Å². The van der Waals surface area contributed by atoms with E-state index < -0.39 is 0 Å². The molecular formula is C15H11BrO3. The van der Waals surface area contributed by atoms with Crippen LogP contribution in [-0.4, -0.2) is 13.1 Å². The number of hydrogen-bond acceptors (Lipinski definition) is 3. The molecule has 0 radical (unpaired) electrons. The number of carbonyl (C=O) groups excluding carboxylic acids is 1. The number of benzene rings is 2. The van der Waals surface area contributed by atoms with E-state index in [0.29, 0.717) is 12.2 Å². The predicted octanol–water partition coefficient (Wildman–Crippen LogP) is 3.80. The molecular weight excluding hydrogens is 308 g/mol. The standard InChI is InChI=1S/C15H11BrO3/c1-18-15(17)9-5-6-11-10(7-9)8-19-13-4-2-3-12(16)14(11)13/h2-7H,8H2,1H3. The number of methoxy groups -OCH3 is 1. The van der Waals surface area contributed by atoms with Gasteiger partial charge in [-0.05, 0) is 35.4 Å². The molecule has 1 aliphatic rings. The van der Waals surface area contributed by atoms with Crippen LogP contribution in [0.25, 0.3) is 11.1 Å². The van der Waals surface area contributed by atoms with Gasteiger partial charge in [-0.3, -0.25) is 0 Å². The summed E-state index contributed by atoms with van der Waals surface area (Å²) in [5.41, 5.74) is 3.64. The van der Waals surface area contributed by atoms with Gasteiger partial charge < -0.3 is 9.47 Å². The third-order valence-electron chi connectivity index (χ3n) is 3.15. The maximum Gasteiger partial charge on any atom is 0.337 e. The molecule has 0 saturated carbocycles. The quantitative estimate of drug-likeness (QED) is 0.750. The summed E-state index contributed by atoms with van der Waals surface area (Å²) < 4.78 is 11.4. The monoisotopic (exact) mass is 318 g/mol. The highest BCUT2D eigenvalue weighted by molar-refractivity contribution is 9.10. The van der Waals surface area contributed by atoms with Crippen molar-refractivity contribution in [3.05, 3.63) is 52.0 Å². The second-order valence-corrected chi connectivity index (χ2v) is 5.12. The molecule has 0 N–H and O–H groups in total. The summed E-state index contributed by atoms with van der Waals surface area (Å²) in [6.07, 6.45) is 0. The van der Waals surface area contributed by atoms with Gasteiger partial charge in [-0.2, -0.15) is 0 Å². The van der Waals surface area contributed by atoms with Crippen LogP contribution in [0.1, 0.15) is 15.9 Å². The maximum atomic E-state index is 11.5. The Balaban J connectivity index is 2.16. The zero-order valence-electron chi connectivity index (χ0n) is 10.3. The van der Waals surface area contributed by atoms with Crippen molar-refractivity contribution in [2.45, 2.75) is 6.61 Å². The molecule has 1 aliphatic heterocycles. The zero-order chi connectivity index (χ0) is 13.4. The molecule has 3 nitrogen and oxygen atoms in total. The molecule has 3 rings (SSSR count). The molecule has 2 aromatic rings. The minimum Gasteiger partial charge on any atom is -0.488 e. The van der Waals surface area contributed by atoms with E-state index in [1.54, 1.807) is 6.07 Å². The van der Waals surface area contributed by atoms with Crippen molar-refractivity contribution in [2.24, 2.45) is 0 Å². The molecule has 1 heterocycles. The summed E-state index contributed by atoms with van der Waals surface area (Å²) in [6, 6.07) is 11.4. The van der Waals surface area contributed by atoms with Crippen LogP contribution in [-0.2, 0) is 11.3 Å². The average Bonchev–Trinajstić information content (AvgIpc) is 2.45. The van der Waals surface area contributed by atoms with Crippen molar-refractivity contribution in [3.63, 3.8) is 0 Å². The van der Waals surface area contributed by atoms with Crippen molar-refractivity contribution in [2.75, 3.05) is 7.11 Å². The molecule has 0 spiro atoms. The van der Waals surface area contributed by atoms with Gasteiger partial charge in [-0.25, -0.2) is 4.79 Å². The fourth-order valence-corrected chi connectivity index (χ4v) is 2.80. The highest BCUT2D eigenvalue weighted by Crippen LogP contribution is 2.42. The Hall–Kier alpha value is -1.81. The normalized spacial score (nSPS) is 12.1. The van der Waals surface area contributed by atoms with Gasteiger partial charge in [0.25, 0.3) is 0 Å². The van der Waals surface area contributed by atoms with Crippen LogP contribution in [0, 0.1) is 0 Å². The summed E-state index contributed by atoms with van der Waals surface area (Å²) in [5, 5.41) is 0. The van der Waals surface area contributed by atoms with E-state index in [1.165, 1.54) is 7.11 Å². The van der Waals surface area contributed by atoms with Gasteiger partial charge in [-0.15, -0.1) is 0 Å². The Labute approximate surface area is 119 Å². The highest BCUT2D eigenvalue weighted by atomic mass is 79.9. The van der Waals surface area contributed by atoms with Gasteiger partial charge in [0.1, 0.15) is 12.4 Å². The van der Waals surface area contributed by atoms with Crippen molar-refractivity contribution in [1.29, 1.82) is 0 Å². The number of fused-ring (bicyclic) bond motifs is 3. The lowest BCUT2D eigenvalue weighted by molar-refractivity contribution is 0.0600. The largest absolute Gasteiger partial charge is 0.488 e. The first kappa shape index (κ1) is 12.2. The molecule has 0 fully saturated rings. The van der Waals surface area contributed by atoms with E-state index in [-0.39, 0.29) is 5.97 Å². The van der Waals surface area contributed by atoms with Crippen LogP contribution in [0.2, 0.25) is 0 Å². The lowest BCUT2D eigenvalue weighted by Gasteiger charge is -2.22. The molecule has 0 bridgehead atoms. The second kappa shape index (κ2) is 4.70. The minimum absolute atomic E-state index is 0.333. The summed E-state index contributed by atoms with van der Waals surface area (Å²) in [5.74, 6) is 0.522. The van der Waals surface area contributed by atoms with Gasteiger partial charge in [0.15, 0.2) is 0 Å². The zero-order valence-corrected chi connectivity index (χ0v) is 11.9. The number of carbonyl (C=O) groups is 1. The highest BCUT2D eigenvalue weighted by Gasteiger charge is 2.20. The maximum absolute atomic E-state index is 11.5. The van der Waals surface area contributed by atoms with Crippen LogP contribution in [0.15, 0.2) is 40.9 Å². The molecule has 0 aliphatic carbocycles. The van der Waals surface area contributed by atoms with Crippen LogP contribution in [0.3, 0.4) is 0 Å². The molecule has 2 aromatic carbocycles. The van der Waals surface area contributed by atoms with Gasteiger partial charge >= 0.3 is 5.97 Å². The van der Waals surface area contributed by atoms with E-state index in [0.717, 1.165) is 26.9 Å². The van der Waals surface area contributed by atoms with E-state index in [1.807, 2.05) is 30.3 Å². The minimum atomic E-state index is -0.333. The van der Waals surface area contributed by atoms with Crippen molar-refractivity contribution in [1.82, 2.24) is 0 Å². The van der Waals surface area contributed by atoms with E-state index in [2.05, 4.69) is 15.9 Å². The Morgan fingerprint density at radius 2 is 2.16 bits per heavy atom. The second-order valence-electron chi connectivity index (χ2n) is 4.27. The molecule has 96 valence electrons. The molecule has 0 saturated heterocycles. The number of esters is 1. The lowest BCUT2D eigenvalue weighted by atomic mass is 9.95. The van der Waals surface area contributed by atoms with Gasteiger partial charge in [0, 0.05) is 10.0 Å². The molecule has 0 aromatic heterocycles. The Morgan fingerprint density at radius 3 is 2.95 bits per heavy atom. The molecule has 19 heavy (non-hydrogen) atoms. The van der Waals surface area contributed by atoms with Gasteiger partial charge in [-0.1, -0.05) is 28.1 Å². The van der Waals surface area contributed by atoms with E-state index >= 15 is 0 Å². The molecule has 4 heteroatoms. The number of halogens is 1.